The minimum absolute atomic E-state index is 0.0712. The summed E-state index contributed by atoms with van der Waals surface area (Å²) in [4.78, 5) is 40.3. The van der Waals surface area contributed by atoms with Crippen molar-refractivity contribution in [2.45, 2.75) is 49.7 Å². The van der Waals surface area contributed by atoms with Gasteiger partial charge in [0.05, 0.1) is 45.6 Å². The Morgan fingerprint density at radius 3 is 2.08 bits per heavy atom. The van der Waals surface area contributed by atoms with Crippen LogP contribution in [0.4, 0.5) is 15.3 Å². The van der Waals surface area contributed by atoms with Crippen LogP contribution in [0, 0.1) is 0 Å². The van der Waals surface area contributed by atoms with Crippen molar-refractivity contribution < 1.29 is 38.8 Å². The SMILES string of the molecule is COC(=O)N[C@H](C(=O)Nc1ccccc1CC[C@@H]1CN(C(=O)O)[C@H](COCc2ccccc2)[C@@H](CO)O1)C(c1ccccc1)c1ccccc1. The number of benzene rings is 4. The number of hydrogen-bond acceptors (Lipinski definition) is 7. The van der Waals surface area contributed by atoms with E-state index in [-0.39, 0.29) is 19.8 Å². The van der Waals surface area contributed by atoms with Gasteiger partial charge in [0.25, 0.3) is 0 Å². The second-order valence-corrected chi connectivity index (χ2v) is 12.1. The number of para-hydroxylation sites is 1. The molecule has 0 aromatic heterocycles. The van der Waals surface area contributed by atoms with Crippen LogP contribution in [0.5, 0.6) is 0 Å². The van der Waals surface area contributed by atoms with Gasteiger partial charge in [-0.05, 0) is 41.2 Å². The fraction of sp³-hybridized carbons (Fsp3) is 0.308. The number of carboxylic acid groups (broad SMARTS) is 1. The summed E-state index contributed by atoms with van der Waals surface area (Å²) in [5.41, 5.74) is 3.98. The van der Waals surface area contributed by atoms with Crippen LogP contribution in [0.2, 0.25) is 0 Å². The minimum atomic E-state index is -1.12. The molecule has 0 spiro atoms. The number of morpholine rings is 1. The molecule has 4 atom stereocenters. The molecule has 1 saturated heterocycles. The van der Waals surface area contributed by atoms with E-state index in [4.69, 9.17) is 14.2 Å². The highest BCUT2D eigenvalue weighted by atomic mass is 16.5. The third kappa shape index (κ3) is 9.47. The third-order valence-corrected chi connectivity index (χ3v) is 8.83. The molecule has 1 aliphatic heterocycles. The molecule has 0 radical (unpaired) electrons. The first-order valence-corrected chi connectivity index (χ1v) is 16.6. The second kappa shape index (κ2) is 18.0. The number of ether oxygens (including phenoxy) is 3. The normalized spacial score (nSPS) is 17.9. The number of methoxy groups -OCH3 is 1. The lowest BCUT2D eigenvalue weighted by molar-refractivity contribution is -0.143. The highest BCUT2D eigenvalue weighted by Crippen LogP contribution is 2.30. The fourth-order valence-electron chi connectivity index (χ4n) is 6.32. The number of hydrogen-bond donors (Lipinski definition) is 4. The molecule has 5 rings (SSSR count). The number of aryl methyl sites for hydroxylation is 1. The number of aliphatic hydroxyl groups excluding tert-OH is 1. The number of nitrogens with one attached hydrogen (secondary N) is 2. The Morgan fingerprint density at radius 2 is 1.48 bits per heavy atom. The van der Waals surface area contributed by atoms with Gasteiger partial charge in [-0.1, -0.05) is 109 Å². The molecule has 1 fully saturated rings. The van der Waals surface area contributed by atoms with E-state index in [1.165, 1.54) is 12.0 Å². The summed E-state index contributed by atoms with van der Waals surface area (Å²) in [5.74, 6) is -0.966. The zero-order chi connectivity index (χ0) is 35.3. The van der Waals surface area contributed by atoms with Crippen LogP contribution >= 0.6 is 0 Å². The number of carbonyl (C=O) groups is 3. The van der Waals surface area contributed by atoms with Gasteiger partial charge in [0, 0.05) is 11.6 Å². The van der Waals surface area contributed by atoms with E-state index in [0.29, 0.717) is 25.1 Å². The fourth-order valence-corrected chi connectivity index (χ4v) is 6.32. The first-order valence-electron chi connectivity index (χ1n) is 16.6. The summed E-state index contributed by atoms with van der Waals surface area (Å²) in [6.07, 6.45) is -2.27. The topological polar surface area (TPSA) is 147 Å². The minimum Gasteiger partial charge on any atom is -0.465 e. The van der Waals surface area contributed by atoms with Gasteiger partial charge < -0.3 is 35.1 Å². The monoisotopic (exact) mass is 681 g/mol. The maximum Gasteiger partial charge on any atom is 0.407 e. The Kier molecular flexibility index (Phi) is 13.0. The predicted octanol–water partition coefficient (Wildman–Crippen LogP) is 5.44. The molecule has 0 unspecified atom stereocenters. The molecular formula is C39H43N3O8. The summed E-state index contributed by atoms with van der Waals surface area (Å²) < 4.78 is 17.0. The Labute approximate surface area is 291 Å². The van der Waals surface area contributed by atoms with Gasteiger partial charge >= 0.3 is 12.2 Å². The maximum absolute atomic E-state index is 14.1. The first-order chi connectivity index (χ1) is 24.4. The van der Waals surface area contributed by atoms with Crippen LogP contribution in [-0.2, 0) is 32.0 Å². The summed E-state index contributed by atoms with van der Waals surface area (Å²) in [7, 11) is 1.25. The second-order valence-electron chi connectivity index (χ2n) is 12.1. The van der Waals surface area contributed by atoms with Crippen LogP contribution in [0.1, 0.15) is 34.6 Å². The zero-order valence-electron chi connectivity index (χ0n) is 27.9. The van der Waals surface area contributed by atoms with E-state index in [9.17, 15) is 24.6 Å². The molecule has 262 valence electrons. The Hall–Kier alpha value is -5.23. The van der Waals surface area contributed by atoms with Crippen LogP contribution in [-0.4, -0.2) is 84.4 Å². The summed E-state index contributed by atoms with van der Waals surface area (Å²) in [6, 6.07) is 34.1. The molecule has 50 heavy (non-hydrogen) atoms. The standard InChI is InChI=1S/C39H43N3O8/c1-48-38(45)41-36(35(29-16-7-3-8-17-29)30-18-9-4-10-19-30)37(44)40-32-20-12-11-15-28(32)21-22-31-23-42(39(46)47)33(34(24-43)50-31)26-49-25-27-13-5-2-6-14-27/h2-20,31,33-36,43H,21-26H2,1H3,(H,40,44)(H,41,45)(H,46,47)/t31-,33-,34-,36+/m1/s1. The Morgan fingerprint density at radius 1 is 0.880 bits per heavy atom. The van der Waals surface area contributed by atoms with Gasteiger partial charge in [-0.3, -0.25) is 9.69 Å². The van der Waals surface area contributed by atoms with Gasteiger partial charge in [0.1, 0.15) is 12.1 Å². The largest absolute Gasteiger partial charge is 0.465 e. The lowest BCUT2D eigenvalue weighted by Crippen LogP contribution is -2.59. The molecule has 3 amide bonds. The number of carbonyl (C=O) groups excluding carboxylic acids is 2. The summed E-state index contributed by atoms with van der Waals surface area (Å²) in [6.45, 7) is 0.107. The van der Waals surface area contributed by atoms with E-state index in [1.54, 1.807) is 12.1 Å². The van der Waals surface area contributed by atoms with Crippen molar-refractivity contribution >= 4 is 23.8 Å². The van der Waals surface area contributed by atoms with E-state index in [0.717, 1.165) is 22.3 Å². The molecule has 1 heterocycles. The maximum atomic E-state index is 14.1. The summed E-state index contributed by atoms with van der Waals surface area (Å²) in [5, 5.41) is 26.0. The Balaban J connectivity index is 1.29. The van der Waals surface area contributed by atoms with Crippen molar-refractivity contribution in [3.8, 4) is 0 Å². The Bertz CT molecular complexity index is 1640. The smallest absolute Gasteiger partial charge is 0.407 e. The highest BCUT2D eigenvalue weighted by Gasteiger charge is 2.39. The molecular weight excluding hydrogens is 638 g/mol. The molecule has 4 N–H and O–H groups in total. The third-order valence-electron chi connectivity index (χ3n) is 8.83. The zero-order valence-corrected chi connectivity index (χ0v) is 27.9. The van der Waals surface area contributed by atoms with Crippen LogP contribution < -0.4 is 10.6 Å². The van der Waals surface area contributed by atoms with Crippen molar-refractivity contribution in [1.29, 1.82) is 0 Å². The van der Waals surface area contributed by atoms with Crippen LogP contribution in [0.3, 0.4) is 0 Å². The van der Waals surface area contributed by atoms with Gasteiger partial charge in [0.2, 0.25) is 5.91 Å². The number of alkyl carbamates (subject to hydrolysis) is 1. The van der Waals surface area contributed by atoms with Crippen molar-refractivity contribution in [3.05, 3.63) is 138 Å². The van der Waals surface area contributed by atoms with Crippen molar-refractivity contribution in [2.24, 2.45) is 0 Å². The number of amides is 3. The average molecular weight is 682 g/mol. The van der Waals surface area contributed by atoms with E-state index in [1.807, 2.05) is 103 Å². The van der Waals surface area contributed by atoms with Crippen molar-refractivity contribution in [2.75, 3.05) is 32.2 Å². The molecule has 11 heteroatoms. The highest BCUT2D eigenvalue weighted by molar-refractivity contribution is 5.98. The number of anilines is 1. The molecule has 4 aromatic carbocycles. The first kappa shape index (κ1) is 36.1. The van der Waals surface area contributed by atoms with E-state index < -0.39 is 48.3 Å². The number of aliphatic hydroxyl groups is 1. The van der Waals surface area contributed by atoms with Crippen molar-refractivity contribution in [1.82, 2.24) is 10.2 Å². The number of nitrogens with zero attached hydrogens (tertiary/aromatic N) is 1. The molecule has 4 aromatic rings. The van der Waals surface area contributed by atoms with Gasteiger partial charge in [-0.15, -0.1) is 0 Å². The van der Waals surface area contributed by atoms with E-state index in [2.05, 4.69) is 10.6 Å². The molecule has 11 nitrogen and oxygen atoms in total. The van der Waals surface area contributed by atoms with E-state index >= 15 is 0 Å². The van der Waals surface area contributed by atoms with Crippen LogP contribution in [0.25, 0.3) is 0 Å². The molecule has 0 bridgehead atoms. The molecule has 0 saturated carbocycles. The van der Waals surface area contributed by atoms with Crippen molar-refractivity contribution in [3.63, 3.8) is 0 Å². The average Bonchev–Trinajstić information content (AvgIpc) is 3.15. The predicted molar refractivity (Wildman–Crippen MR) is 188 cm³/mol. The molecule has 0 aliphatic carbocycles. The lowest BCUT2D eigenvalue weighted by Gasteiger charge is -2.42. The van der Waals surface area contributed by atoms with Gasteiger partial charge in [-0.2, -0.15) is 0 Å². The van der Waals surface area contributed by atoms with Gasteiger partial charge in [0.15, 0.2) is 0 Å². The van der Waals surface area contributed by atoms with Crippen LogP contribution in [0.15, 0.2) is 115 Å². The van der Waals surface area contributed by atoms with Gasteiger partial charge in [-0.25, -0.2) is 9.59 Å². The number of rotatable bonds is 14. The molecule has 1 aliphatic rings. The lowest BCUT2D eigenvalue weighted by atomic mass is 9.84. The summed E-state index contributed by atoms with van der Waals surface area (Å²) >= 11 is 0. The quantitative estimate of drug-likeness (QED) is 0.138.